The summed E-state index contributed by atoms with van der Waals surface area (Å²) < 4.78 is 2.00. The van der Waals surface area contributed by atoms with Crippen molar-refractivity contribution in [3.8, 4) is 0 Å². The third-order valence-electron chi connectivity index (χ3n) is 6.12. The van der Waals surface area contributed by atoms with Gasteiger partial charge in [-0.2, -0.15) is 0 Å². The molecule has 170 valence electrons. The molecule has 6 heteroatoms. The highest BCUT2D eigenvalue weighted by Gasteiger charge is 2.35. The minimum atomic E-state index is -0.367. The van der Waals surface area contributed by atoms with Gasteiger partial charge in [0.2, 0.25) is 0 Å². The molecule has 34 heavy (non-hydrogen) atoms. The largest absolute Gasteiger partial charge is 0.350 e. The molecule has 1 unspecified atom stereocenters. The minimum absolute atomic E-state index is 0.0439. The molecule has 6 nitrogen and oxygen atoms in total. The fourth-order valence-corrected chi connectivity index (χ4v) is 4.41. The molecule has 1 aliphatic heterocycles. The highest BCUT2D eigenvalue weighted by Crippen LogP contribution is 2.32. The maximum absolute atomic E-state index is 13.4. The SMILES string of the molecule is O=C(NCCc1ccccc1)c1cn2c(n1)C(c1ccccc1)N(C(=O)c1ccccc1)CC2. The van der Waals surface area contributed by atoms with Crippen molar-refractivity contribution in [1.29, 1.82) is 0 Å². The van der Waals surface area contributed by atoms with Crippen LogP contribution < -0.4 is 5.32 Å². The van der Waals surface area contributed by atoms with Gasteiger partial charge in [-0.15, -0.1) is 0 Å². The third-order valence-corrected chi connectivity index (χ3v) is 6.12. The number of fused-ring (bicyclic) bond motifs is 1. The van der Waals surface area contributed by atoms with Gasteiger partial charge in [-0.3, -0.25) is 9.59 Å². The van der Waals surface area contributed by atoms with Crippen LogP contribution in [-0.2, 0) is 13.0 Å². The molecule has 0 fully saturated rings. The molecule has 2 heterocycles. The van der Waals surface area contributed by atoms with Crippen molar-refractivity contribution in [1.82, 2.24) is 19.8 Å². The summed E-state index contributed by atoms with van der Waals surface area (Å²) in [5.41, 5.74) is 3.15. The number of benzene rings is 3. The summed E-state index contributed by atoms with van der Waals surface area (Å²) in [6.07, 6.45) is 2.56. The number of rotatable bonds is 6. The Morgan fingerprint density at radius 1 is 0.853 bits per heavy atom. The fourth-order valence-electron chi connectivity index (χ4n) is 4.41. The molecule has 5 rings (SSSR count). The highest BCUT2D eigenvalue weighted by atomic mass is 16.2. The van der Waals surface area contributed by atoms with Crippen LogP contribution in [0.25, 0.3) is 0 Å². The molecule has 0 saturated carbocycles. The number of aromatic nitrogens is 2. The second kappa shape index (κ2) is 9.75. The van der Waals surface area contributed by atoms with Crippen molar-refractivity contribution in [3.05, 3.63) is 125 Å². The van der Waals surface area contributed by atoms with E-state index in [4.69, 9.17) is 4.98 Å². The summed E-state index contributed by atoms with van der Waals surface area (Å²) in [6.45, 7) is 1.65. The van der Waals surface area contributed by atoms with Crippen LogP contribution in [0, 0.1) is 0 Å². The topological polar surface area (TPSA) is 67.2 Å². The van der Waals surface area contributed by atoms with Crippen molar-refractivity contribution in [2.24, 2.45) is 0 Å². The molecule has 0 aliphatic carbocycles. The molecule has 2 amide bonds. The maximum Gasteiger partial charge on any atom is 0.271 e. The maximum atomic E-state index is 13.4. The van der Waals surface area contributed by atoms with Crippen LogP contribution in [0.5, 0.6) is 0 Å². The number of carbonyl (C=O) groups is 2. The van der Waals surface area contributed by atoms with Crippen molar-refractivity contribution < 1.29 is 9.59 Å². The van der Waals surface area contributed by atoms with Crippen molar-refractivity contribution in [2.45, 2.75) is 19.0 Å². The van der Waals surface area contributed by atoms with Crippen LogP contribution in [0.4, 0.5) is 0 Å². The lowest BCUT2D eigenvalue weighted by molar-refractivity contribution is 0.0658. The van der Waals surface area contributed by atoms with E-state index in [0.717, 1.165) is 12.0 Å². The number of amides is 2. The lowest BCUT2D eigenvalue weighted by Crippen LogP contribution is -2.42. The van der Waals surface area contributed by atoms with Crippen LogP contribution in [0.15, 0.2) is 97.2 Å². The molecule has 1 aliphatic rings. The van der Waals surface area contributed by atoms with E-state index in [1.807, 2.05) is 100 Å². The first-order valence-electron chi connectivity index (χ1n) is 11.5. The Morgan fingerprint density at radius 3 is 2.21 bits per heavy atom. The normalized spacial score (nSPS) is 14.9. The Hall–Kier alpha value is -4.19. The molecule has 4 aromatic rings. The van der Waals surface area contributed by atoms with Gasteiger partial charge in [-0.05, 0) is 29.7 Å². The molecule has 1 atom stereocenters. The lowest BCUT2D eigenvalue weighted by Gasteiger charge is -2.36. The monoisotopic (exact) mass is 450 g/mol. The second-order valence-corrected chi connectivity index (χ2v) is 8.35. The van der Waals surface area contributed by atoms with E-state index in [1.165, 1.54) is 5.56 Å². The van der Waals surface area contributed by atoms with Gasteiger partial charge in [0.15, 0.2) is 0 Å². The van der Waals surface area contributed by atoms with E-state index in [1.54, 1.807) is 6.20 Å². The van der Waals surface area contributed by atoms with Crippen LogP contribution in [0.1, 0.15) is 43.8 Å². The van der Waals surface area contributed by atoms with E-state index >= 15 is 0 Å². The van der Waals surface area contributed by atoms with Gasteiger partial charge >= 0.3 is 0 Å². The summed E-state index contributed by atoms with van der Waals surface area (Å²) in [4.78, 5) is 32.9. The summed E-state index contributed by atoms with van der Waals surface area (Å²) in [5.74, 6) is 0.457. The molecule has 0 bridgehead atoms. The Morgan fingerprint density at radius 2 is 1.50 bits per heavy atom. The number of carbonyl (C=O) groups excluding carboxylic acids is 2. The van der Waals surface area contributed by atoms with E-state index in [9.17, 15) is 9.59 Å². The zero-order chi connectivity index (χ0) is 23.3. The molecule has 3 aromatic carbocycles. The van der Waals surface area contributed by atoms with Crippen LogP contribution >= 0.6 is 0 Å². The zero-order valence-corrected chi connectivity index (χ0v) is 18.8. The Labute approximate surface area is 198 Å². The Kier molecular flexibility index (Phi) is 6.21. The summed E-state index contributed by atoms with van der Waals surface area (Å²) in [7, 11) is 0. The Balaban J connectivity index is 1.40. The van der Waals surface area contributed by atoms with E-state index in [-0.39, 0.29) is 17.9 Å². The molecular weight excluding hydrogens is 424 g/mol. The highest BCUT2D eigenvalue weighted by molar-refractivity contribution is 5.95. The molecule has 1 N–H and O–H groups in total. The smallest absolute Gasteiger partial charge is 0.271 e. The molecule has 0 spiro atoms. The van der Waals surface area contributed by atoms with Crippen molar-refractivity contribution >= 4 is 11.8 Å². The first-order chi connectivity index (χ1) is 16.7. The van der Waals surface area contributed by atoms with Gasteiger partial charge in [0.25, 0.3) is 11.8 Å². The number of hydrogen-bond donors (Lipinski definition) is 1. The van der Waals surface area contributed by atoms with E-state index < -0.39 is 0 Å². The standard InChI is InChI=1S/C28H26N4O2/c33-27(29-17-16-21-10-4-1-5-11-21)24-20-31-18-19-32(28(34)23-14-8-3-9-15-23)25(26(31)30-24)22-12-6-2-7-13-22/h1-15,20,25H,16-19H2,(H,29,33). The predicted octanol–water partition coefficient (Wildman–Crippen LogP) is 4.10. The fraction of sp³-hybridized carbons (Fsp3) is 0.179. The summed E-state index contributed by atoms with van der Waals surface area (Å²) >= 11 is 0. The molecule has 0 saturated heterocycles. The average Bonchev–Trinajstić information content (AvgIpc) is 3.34. The van der Waals surface area contributed by atoms with Crippen LogP contribution in [-0.4, -0.2) is 39.4 Å². The minimum Gasteiger partial charge on any atom is -0.350 e. The van der Waals surface area contributed by atoms with Crippen molar-refractivity contribution in [3.63, 3.8) is 0 Å². The lowest BCUT2D eigenvalue weighted by atomic mass is 10.0. The first kappa shape index (κ1) is 21.6. The summed E-state index contributed by atoms with van der Waals surface area (Å²) in [6, 6.07) is 28.9. The average molecular weight is 451 g/mol. The number of hydrogen-bond acceptors (Lipinski definition) is 3. The third kappa shape index (κ3) is 4.48. The van der Waals surface area contributed by atoms with Gasteiger partial charge in [0, 0.05) is 31.4 Å². The number of imidazole rings is 1. The van der Waals surface area contributed by atoms with Gasteiger partial charge in [-0.1, -0.05) is 78.9 Å². The first-order valence-corrected chi connectivity index (χ1v) is 11.5. The molecular formula is C28H26N4O2. The zero-order valence-electron chi connectivity index (χ0n) is 18.8. The van der Waals surface area contributed by atoms with Gasteiger partial charge < -0.3 is 14.8 Å². The molecule has 1 aromatic heterocycles. The van der Waals surface area contributed by atoms with E-state index in [0.29, 0.717) is 36.7 Å². The van der Waals surface area contributed by atoms with Crippen molar-refractivity contribution in [2.75, 3.05) is 13.1 Å². The molecule has 0 radical (unpaired) electrons. The van der Waals surface area contributed by atoms with E-state index in [2.05, 4.69) is 5.32 Å². The van der Waals surface area contributed by atoms with Crippen LogP contribution in [0.2, 0.25) is 0 Å². The Bertz CT molecular complexity index is 1270. The van der Waals surface area contributed by atoms with Gasteiger partial charge in [0.05, 0.1) is 0 Å². The number of nitrogens with one attached hydrogen (secondary N) is 1. The second-order valence-electron chi connectivity index (χ2n) is 8.35. The number of nitrogens with zero attached hydrogens (tertiary/aromatic N) is 3. The predicted molar refractivity (Wildman–Crippen MR) is 130 cm³/mol. The van der Waals surface area contributed by atoms with Gasteiger partial charge in [-0.25, -0.2) is 4.98 Å². The van der Waals surface area contributed by atoms with Gasteiger partial charge in [0.1, 0.15) is 17.6 Å². The summed E-state index contributed by atoms with van der Waals surface area (Å²) in [5, 5.41) is 2.98. The van der Waals surface area contributed by atoms with Crippen LogP contribution in [0.3, 0.4) is 0 Å². The quantitative estimate of drug-likeness (QED) is 0.481.